The summed E-state index contributed by atoms with van der Waals surface area (Å²) in [6.07, 6.45) is 2.99. The van der Waals surface area contributed by atoms with Crippen molar-refractivity contribution in [2.45, 2.75) is 46.1 Å². The van der Waals surface area contributed by atoms with Gasteiger partial charge in [0.2, 0.25) is 11.8 Å². The Morgan fingerprint density at radius 1 is 1.32 bits per heavy atom. The van der Waals surface area contributed by atoms with E-state index in [1.54, 1.807) is 0 Å². The molecule has 1 aromatic heterocycles. The fourth-order valence-electron chi connectivity index (χ4n) is 2.78. The van der Waals surface area contributed by atoms with Gasteiger partial charge < -0.3 is 10.2 Å². The van der Waals surface area contributed by atoms with Crippen LogP contribution in [0.1, 0.15) is 44.0 Å². The second kappa shape index (κ2) is 7.92. The molecule has 1 aromatic rings. The number of hydrogen-bond donors (Lipinski definition) is 1. The molecular formula is C17H25N3O2. The molecule has 5 heteroatoms. The number of hydrogen-bond acceptors (Lipinski definition) is 3. The summed E-state index contributed by atoms with van der Waals surface area (Å²) >= 11 is 0. The molecule has 2 amide bonds. The molecule has 120 valence electrons. The number of nitrogens with one attached hydrogen (secondary N) is 1. The standard InChI is InChI=1S/C17H25N3O2/c1-3-5-16(21)20-10-8-14(9-11-20)17(22)18-12-15-7-4-6-13(2)19-15/h4,6-7,14H,3,5,8-12H2,1-2H3,(H,18,22). The summed E-state index contributed by atoms with van der Waals surface area (Å²) in [4.78, 5) is 30.3. The van der Waals surface area contributed by atoms with Gasteiger partial charge >= 0.3 is 0 Å². The summed E-state index contributed by atoms with van der Waals surface area (Å²) in [7, 11) is 0. The Kier molecular flexibility index (Phi) is 5.92. The Morgan fingerprint density at radius 2 is 2.05 bits per heavy atom. The highest BCUT2D eigenvalue weighted by atomic mass is 16.2. The van der Waals surface area contributed by atoms with Gasteiger partial charge in [-0.1, -0.05) is 13.0 Å². The summed E-state index contributed by atoms with van der Waals surface area (Å²) in [6, 6.07) is 5.80. The number of nitrogens with zero attached hydrogens (tertiary/aromatic N) is 2. The van der Waals surface area contributed by atoms with Gasteiger partial charge in [0.05, 0.1) is 12.2 Å². The summed E-state index contributed by atoms with van der Waals surface area (Å²) in [5.74, 6) is 0.298. The van der Waals surface area contributed by atoms with Crippen molar-refractivity contribution in [3.8, 4) is 0 Å². The van der Waals surface area contributed by atoms with Crippen molar-refractivity contribution in [2.75, 3.05) is 13.1 Å². The number of rotatable bonds is 5. The van der Waals surface area contributed by atoms with Crippen molar-refractivity contribution in [1.29, 1.82) is 0 Å². The zero-order valence-electron chi connectivity index (χ0n) is 13.5. The van der Waals surface area contributed by atoms with E-state index in [4.69, 9.17) is 0 Å². The molecule has 0 aliphatic carbocycles. The lowest BCUT2D eigenvalue weighted by Gasteiger charge is -2.31. The molecule has 1 saturated heterocycles. The minimum Gasteiger partial charge on any atom is -0.350 e. The molecule has 0 radical (unpaired) electrons. The van der Waals surface area contributed by atoms with Crippen LogP contribution in [0.3, 0.4) is 0 Å². The van der Waals surface area contributed by atoms with Crippen molar-refractivity contribution >= 4 is 11.8 Å². The first-order valence-corrected chi connectivity index (χ1v) is 8.08. The van der Waals surface area contributed by atoms with E-state index in [1.165, 1.54) is 0 Å². The highest BCUT2D eigenvalue weighted by Crippen LogP contribution is 2.18. The molecule has 0 bridgehead atoms. The fourth-order valence-corrected chi connectivity index (χ4v) is 2.78. The fraction of sp³-hybridized carbons (Fsp3) is 0.588. The quantitative estimate of drug-likeness (QED) is 0.905. The average Bonchev–Trinajstić information content (AvgIpc) is 2.53. The Balaban J connectivity index is 1.76. The number of amides is 2. The van der Waals surface area contributed by atoms with E-state index in [1.807, 2.05) is 36.9 Å². The zero-order valence-corrected chi connectivity index (χ0v) is 13.5. The summed E-state index contributed by atoms with van der Waals surface area (Å²) in [5, 5.41) is 2.96. The van der Waals surface area contributed by atoms with Gasteiger partial charge in [-0.2, -0.15) is 0 Å². The predicted octanol–water partition coefficient (Wildman–Crippen LogP) is 2.04. The maximum atomic E-state index is 12.2. The number of aromatic nitrogens is 1. The molecule has 2 heterocycles. The lowest BCUT2D eigenvalue weighted by molar-refractivity contribution is -0.135. The Hall–Kier alpha value is -1.91. The largest absolute Gasteiger partial charge is 0.350 e. The third kappa shape index (κ3) is 4.55. The van der Waals surface area contributed by atoms with Crippen molar-refractivity contribution in [1.82, 2.24) is 15.2 Å². The molecule has 0 atom stereocenters. The van der Waals surface area contributed by atoms with Crippen LogP contribution in [0.4, 0.5) is 0 Å². The van der Waals surface area contributed by atoms with Crippen LogP contribution in [0, 0.1) is 12.8 Å². The van der Waals surface area contributed by atoms with Crippen LogP contribution in [0.5, 0.6) is 0 Å². The minimum atomic E-state index is 0.00971. The van der Waals surface area contributed by atoms with Gasteiger partial charge in [-0.3, -0.25) is 14.6 Å². The molecule has 2 rings (SSSR count). The lowest BCUT2D eigenvalue weighted by Crippen LogP contribution is -2.42. The minimum absolute atomic E-state index is 0.00971. The van der Waals surface area contributed by atoms with E-state index in [9.17, 15) is 9.59 Å². The predicted molar refractivity (Wildman–Crippen MR) is 85.0 cm³/mol. The SMILES string of the molecule is CCCC(=O)N1CCC(C(=O)NCc2cccc(C)n2)CC1. The van der Waals surface area contributed by atoms with Gasteiger partial charge in [-0.05, 0) is 38.3 Å². The molecule has 5 nitrogen and oxygen atoms in total. The van der Waals surface area contributed by atoms with Gasteiger partial charge in [0.25, 0.3) is 0 Å². The monoisotopic (exact) mass is 303 g/mol. The van der Waals surface area contributed by atoms with Crippen molar-refractivity contribution in [2.24, 2.45) is 5.92 Å². The molecule has 1 fully saturated rings. The van der Waals surface area contributed by atoms with E-state index in [0.29, 0.717) is 26.1 Å². The van der Waals surface area contributed by atoms with Crippen LogP contribution in [-0.2, 0) is 16.1 Å². The first kappa shape index (κ1) is 16.5. The van der Waals surface area contributed by atoms with Gasteiger partial charge in [0.15, 0.2) is 0 Å². The Bertz CT molecular complexity index is 522. The molecule has 0 aromatic carbocycles. The number of likely N-dealkylation sites (tertiary alicyclic amines) is 1. The first-order chi connectivity index (χ1) is 10.6. The highest BCUT2D eigenvalue weighted by molar-refractivity contribution is 5.80. The maximum absolute atomic E-state index is 12.2. The van der Waals surface area contributed by atoms with E-state index < -0.39 is 0 Å². The molecule has 0 unspecified atom stereocenters. The molecule has 0 spiro atoms. The number of pyridine rings is 1. The van der Waals surface area contributed by atoms with E-state index >= 15 is 0 Å². The third-order valence-corrected chi connectivity index (χ3v) is 4.07. The second-order valence-electron chi connectivity index (χ2n) is 5.89. The second-order valence-corrected chi connectivity index (χ2v) is 5.89. The number of carbonyl (C=O) groups excluding carboxylic acids is 2. The summed E-state index contributed by atoms with van der Waals surface area (Å²) in [5.41, 5.74) is 1.83. The van der Waals surface area contributed by atoms with E-state index in [2.05, 4.69) is 10.3 Å². The van der Waals surface area contributed by atoms with Crippen LogP contribution in [-0.4, -0.2) is 34.8 Å². The maximum Gasteiger partial charge on any atom is 0.223 e. The zero-order chi connectivity index (χ0) is 15.9. The van der Waals surface area contributed by atoms with Gasteiger partial charge in [0.1, 0.15) is 0 Å². The molecule has 1 aliphatic heterocycles. The third-order valence-electron chi connectivity index (χ3n) is 4.07. The van der Waals surface area contributed by atoms with Crippen LogP contribution in [0.15, 0.2) is 18.2 Å². The van der Waals surface area contributed by atoms with Gasteiger partial charge in [-0.25, -0.2) is 0 Å². The summed E-state index contributed by atoms with van der Waals surface area (Å²) in [6.45, 7) is 5.81. The molecule has 1 aliphatic rings. The normalized spacial score (nSPS) is 15.6. The lowest BCUT2D eigenvalue weighted by atomic mass is 9.95. The smallest absolute Gasteiger partial charge is 0.223 e. The Labute approximate surface area is 132 Å². The van der Waals surface area contributed by atoms with Crippen LogP contribution in [0.25, 0.3) is 0 Å². The molecule has 0 saturated carbocycles. The van der Waals surface area contributed by atoms with E-state index in [0.717, 1.165) is 30.7 Å². The van der Waals surface area contributed by atoms with Gasteiger partial charge in [-0.15, -0.1) is 0 Å². The number of piperidine rings is 1. The van der Waals surface area contributed by atoms with Crippen LogP contribution in [0.2, 0.25) is 0 Å². The van der Waals surface area contributed by atoms with Crippen molar-refractivity contribution < 1.29 is 9.59 Å². The van der Waals surface area contributed by atoms with Crippen molar-refractivity contribution in [3.05, 3.63) is 29.6 Å². The molecular weight excluding hydrogens is 278 g/mol. The summed E-state index contributed by atoms with van der Waals surface area (Å²) < 4.78 is 0. The van der Waals surface area contributed by atoms with E-state index in [-0.39, 0.29) is 17.7 Å². The van der Waals surface area contributed by atoms with Crippen LogP contribution < -0.4 is 5.32 Å². The molecule has 22 heavy (non-hydrogen) atoms. The number of aryl methyl sites for hydroxylation is 1. The Morgan fingerprint density at radius 3 is 2.68 bits per heavy atom. The van der Waals surface area contributed by atoms with Crippen LogP contribution >= 0.6 is 0 Å². The number of carbonyl (C=O) groups is 2. The topological polar surface area (TPSA) is 62.3 Å². The van der Waals surface area contributed by atoms with Gasteiger partial charge in [0, 0.05) is 31.1 Å². The van der Waals surface area contributed by atoms with Crippen molar-refractivity contribution in [3.63, 3.8) is 0 Å². The highest BCUT2D eigenvalue weighted by Gasteiger charge is 2.26. The first-order valence-electron chi connectivity index (χ1n) is 8.08. The molecule has 1 N–H and O–H groups in total. The average molecular weight is 303 g/mol.